The average molecular weight is 390 g/mol. The second-order valence-electron chi connectivity index (χ2n) is 4.64. The summed E-state index contributed by atoms with van der Waals surface area (Å²) in [5, 5.41) is 0. The first-order valence-corrected chi connectivity index (χ1v) is 7.45. The van der Waals surface area contributed by atoms with Crippen LogP contribution in [0.4, 0.5) is 0 Å². The van der Waals surface area contributed by atoms with Crippen molar-refractivity contribution in [2.24, 2.45) is 0 Å². The zero-order chi connectivity index (χ0) is 15.3. The van der Waals surface area contributed by atoms with E-state index in [1.165, 1.54) is 19.4 Å². The van der Waals surface area contributed by atoms with Crippen molar-refractivity contribution >= 4 is 34.5 Å². The molecule has 0 aliphatic carbocycles. The number of hydrogen-bond donors (Lipinski definition) is 0. The van der Waals surface area contributed by atoms with Crippen molar-refractivity contribution in [2.75, 3.05) is 6.61 Å². The SMILES string of the molecule is CC(=O)OCCc1c(C)cc(COC(C)=O)c(I)c1C. The van der Waals surface area contributed by atoms with Crippen LogP contribution in [0.2, 0.25) is 0 Å². The lowest BCUT2D eigenvalue weighted by atomic mass is 9.97. The van der Waals surface area contributed by atoms with Crippen LogP contribution < -0.4 is 0 Å². The largest absolute Gasteiger partial charge is 0.466 e. The van der Waals surface area contributed by atoms with E-state index < -0.39 is 0 Å². The van der Waals surface area contributed by atoms with E-state index in [9.17, 15) is 9.59 Å². The molecule has 0 fully saturated rings. The highest BCUT2D eigenvalue weighted by Gasteiger charge is 2.12. The molecule has 1 aromatic rings. The first-order chi connectivity index (χ1) is 9.32. The molecule has 0 aliphatic rings. The second-order valence-corrected chi connectivity index (χ2v) is 5.72. The van der Waals surface area contributed by atoms with Crippen molar-refractivity contribution in [3.05, 3.63) is 31.9 Å². The highest BCUT2D eigenvalue weighted by molar-refractivity contribution is 14.1. The van der Waals surface area contributed by atoms with Crippen LogP contribution in [0.5, 0.6) is 0 Å². The lowest BCUT2D eigenvalue weighted by Crippen LogP contribution is -2.09. The van der Waals surface area contributed by atoms with Gasteiger partial charge in [-0.15, -0.1) is 0 Å². The Morgan fingerprint density at radius 1 is 1.15 bits per heavy atom. The molecule has 0 amide bonds. The monoisotopic (exact) mass is 390 g/mol. The van der Waals surface area contributed by atoms with E-state index in [1.54, 1.807) is 0 Å². The molecule has 5 heteroatoms. The van der Waals surface area contributed by atoms with E-state index in [-0.39, 0.29) is 11.9 Å². The first kappa shape index (κ1) is 16.9. The molecule has 1 aromatic carbocycles. The van der Waals surface area contributed by atoms with Crippen molar-refractivity contribution in [3.63, 3.8) is 0 Å². The summed E-state index contributed by atoms with van der Waals surface area (Å²) in [5.41, 5.74) is 4.46. The third-order valence-electron chi connectivity index (χ3n) is 3.02. The zero-order valence-corrected chi connectivity index (χ0v) is 14.4. The summed E-state index contributed by atoms with van der Waals surface area (Å²) in [6, 6.07) is 2.03. The van der Waals surface area contributed by atoms with Crippen LogP contribution in [-0.4, -0.2) is 18.5 Å². The predicted octanol–water partition coefficient (Wildman–Crippen LogP) is 3.08. The van der Waals surface area contributed by atoms with Crippen LogP contribution in [0.25, 0.3) is 0 Å². The molecule has 0 bridgehead atoms. The highest BCUT2D eigenvalue weighted by Crippen LogP contribution is 2.25. The normalized spacial score (nSPS) is 10.2. The first-order valence-electron chi connectivity index (χ1n) is 6.37. The quantitative estimate of drug-likeness (QED) is 0.573. The maximum Gasteiger partial charge on any atom is 0.302 e. The van der Waals surface area contributed by atoms with Crippen LogP contribution in [0.1, 0.15) is 36.1 Å². The Morgan fingerprint density at radius 2 is 1.75 bits per heavy atom. The molecule has 0 spiro atoms. The maximum absolute atomic E-state index is 10.9. The molecule has 0 saturated carbocycles. The van der Waals surface area contributed by atoms with Gasteiger partial charge in [-0.3, -0.25) is 9.59 Å². The van der Waals surface area contributed by atoms with Crippen molar-refractivity contribution < 1.29 is 19.1 Å². The summed E-state index contributed by atoms with van der Waals surface area (Å²) in [6.45, 7) is 7.54. The maximum atomic E-state index is 10.9. The van der Waals surface area contributed by atoms with Gasteiger partial charge in [0.05, 0.1) is 6.61 Å². The van der Waals surface area contributed by atoms with E-state index in [4.69, 9.17) is 9.47 Å². The smallest absolute Gasteiger partial charge is 0.302 e. The molecule has 1 rings (SSSR count). The molecule has 0 atom stereocenters. The number of ether oxygens (including phenoxy) is 2. The fourth-order valence-corrected chi connectivity index (χ4v) is 2.68. The van der Waals surface area contributed by atoms with Gasteiger partial charge >= 0.3 is 11.9 Å². The summed E-state index contributed by atoms with van der Waals surface area (Å²) in [6.07, 6.45) is 0.696. The minimum absolute atomic E-state index is 0.263. The minimum Gasteiger partial charge on any atom is -0.466 e. The fraction of sp³-hybridized carbons (Fsp3) is 0.467. The third-order valence-corrected chi connectivity index (χ3v) is 4.52. The molecule has 0 heterocycles. The van der Waals surface area contributed by atoms with Crippen LogP contribution in [-0.2, 0) is 32.1 Å². The van der Waals surface area contributed by atoms with Crippen molar-refractivity contribution in [1.29, 1.82) is 0 Å². The summed E-state index contributed by atoms with van der Waals surface area (Å²) in [7, 11) is 0. The molecule has 0 aliphatic heterocycles. The fourth-order valence-electron chi connectivity index (χ4n) is 2.05. The number of rotatable bonds is 5. The Labute approximate surface area is 133 Å². The second kappa shape index (κ2) is 7.61. The molecular formula is C15H19IO4. The van der Waals surface area contributed by atoms with Crippen molar-refractivity contribution in [3.8, 4) is 0 Å². The van der Waals surface area contributed by atoms with Gasteiger partial charge in [0, 0.05) is 29.4 Å². The van der Waals surface area contributed by atoms with Gasteiger partial charge in [-0.1, -0.05) is 6.07 Å². The highest BCUT2D eigenvalue weighted by atomic mass is 127. The van der Waals surface area contributed by atoms with E-state index >= 15 is 0 Å². The summed E-state index contributed by atoms with van der Waals surface area (Å²) < 4.78 is 11.1. The van der Waals surface area contributed by atoms with E-state index in [0.29, 0.717) is 19.6 Å². The summed E-state index contributed by atoms with van der Waals surface area (Å²) in [4.78, 5) is 21.7. The number of benzene rings is 1. The molecule has 110 valence electrons. The molecule has 0 N–H and O–H groups in total. The lowest BCUT2D eigenvalue weighted by molar-refractivity contribution is -0.142. The van der Waals surface area contributed by atoms with E-state index in [0.717, 1.165) is 20.3 Å². The molecular weight excluding hydrogens is 371 g/mol. The van der Waals surface area contributed by atoms with Gasteiger partial charge < -0.3 is 9.47 Å². The molecule has 0 saturated heterocycles. The van der Waals surface area contributed by atoms with Crippen molar-refractivity contribution in [2.45, 2.75) is 40.7 Å². The van der Waals surface area contributed by atoms with Gasteiger partial charge in [0.25, 0.3) is 0 Å². The van der Waals surface area contributed by atoms with Crippen LogP contribution in [0.15, 0.2) is 6.07 Å². The van der Waals surface area contributed by atoms with Crippen LogP contribution in [0, 0.1) is 17.4 Å². The zero-order valence-electron chi connectivity index (χ0n) is 12.2. The number of aryl methyl sites for hydroxylation is 1. The van der Waals surface area contributed by atoms with Gasteiger partial charge in [0.2, 0.25) is 0 Å². The van der Waals surface area contributed by atoms with Crippen LogP contribution in [0.3, 0.4) is 0 Å². The van der Waals surface area contributed by atoms with Crippen LogP contribution >= 0.6 is 22.6 Å². The standard InChI is InChI=1S/C15H19IO4/c1-9-7-13(8-20-12(4)18)15(16)10(2)14(9)5-6-19-11(3)17/h7H,5-6,8H2,1-4H3. The molecule has 0 aromatic heterocycles. The summed E-state index contributed by atoms with van der Waals surface area (Å²) in [5.74, 6) is -0.545. The Hall–Kier alpha value is -1.11. The molecule has 4 nitrogen and oxygen atoms in total. The lowest BCUT2D eigenvalue weighted by Gasteiger charge is -2.15. The Bertz CT molecular complexity index is 523. The number of carbonyl (C=O) groups is 2. The number of carbonyl (C=O) groups excluding carboxylic acids is 2. The van der Waals surface area contributed by atoms with E-state index in [2.05, 4.69) is 22.6 Å². The Balaban J connectivity index is 2.90. The minimum atomic E-state index is -0.282. The van der Waals surface area contributed by atoms with Gasteiger partial charge in [0.1, 0.15) is 6.61 Å². The predicted molar refractivity (Wildman–Crippen MR) is 84.4 cm³/mol. The van der Waals surface area contributed by atoms with Gasteiger partial charge in [-0.05, 0) is 53.1 Å². The Morgan fingerprint density at radius 3 is 2.30 bits per heavy atom. The number of halogens is 1. The molecule has 0 radical (unpaired) electrons. The molecule has 20 heavy (non-hydrogen) atoms. The van der Waals surface area contributed by atoms with Gasteiger partial charge in [-0.25, -0.2) is 0 Å². The van der Waals surface area contributed by atoms with Gasteiger partial charge in [-0.2, -0.15) is 0 Å². The van der Waals surface area contributed by atoms with Crippen molar-refractivity contribution in [1.82, 2.24) is 0 Å². The third kappa shape index (κ3) is 4.77. The molecule has 0 unspecified atom stereocenters. The summed E-state index contributed by atoms with van der Waals surface area (Å²) >= 11 is 2.26. The van der Waals surface area contributed by atoms with E-state index in [1.807, 2.05) is 19.9 Å². The topological polar surface area (TPSA) is 52.6 Å². The average Bonchev–Trinajstić information content (AvgIpc) is 2.35. The number of hydrogen-bond acceptors (Lipinski definition) is 4. The Kier molecular flexibility index (Phi) is 6.45. The number of esters is 2. The van der Waals surface area contributed by atoms with Gasteiger partial charge in [0.15, 0.2) is 0 Å².